The predicted molar refractivity (Wildman–Crippen MR) is 115 cm³/mol. The summed E-state index contributed by atoms with van der Waals surface area (Å²) < 4.78 is 0. The first kappa shape index (κ1) is 24.5. The smallest absolute Gasteiger partial charge is 0.109 e. The SMILES string of the molecule is CC.CC\C=C/C=C\C(C)=C\C(=N)C1c2nc[nH]c2CCN1c1n[c-]ccn1.[Fe]. The first-order chi connectivity index (χ1) is 13.7. The van der Waals surface area contributed by atoms with Crippen LogP contribution in [0, 0.1) is 11.6 Å². The van der Waals surface area contributed by atoms with Gasteiger partial charge in [-0.3, -0.25) is 0 Å². The van der Waals surface area contributed by atoms with Crippen LogP contribution >= 0.6 is 0 Å². The fraction of sp³-hybridized carbons (Fsp3) is 0.364. The number of hydrogen-bond acceptors (Lipinski definition) is 5. The molecule has 0 saturated carbocycles. The summed E-state index contributed by atoms with van der Waals surface area (Å²) in [7, 11) is 0. The first-order valence-corrected chi connectivity index (χ1v) is 9.78. The van der Waals surface area contributed by atoms with Crippen LogP contribution in [0.3, 0.4) is 0 Å². The van der Waals surface area contributed by atoms with Crippen molar-refractivity contribution in [2.45, 2.75) is 46.6 Å². The van der Waals surface area contributed by atoms with Crippen LogP contribution in [0.2, 0.25) is 0 Å². The molecule has 7 heteroatoms. The maximum atomic E-state index is 8.69. The zero-order valence-corrected chi connectivity index (χ0v) is 18.6. The second-order valence-corrected chi connectivity index (χ2v) is 6.14. The summed E-state index contributed by atoms with van der Waals surface area (Å²) in [6, 6.07) is 1.36. The molecule has 0 aromatic carbocycles. The molecule has 1 aliphatic heterocycles. The number of nitrogens with zero attached hydrogens (tertiary/aromatic N) is 4. The molecule has 0 spiro atoms. The van der Waals surface area contributed by atoms with E-state index in [9.17, 15) is 0 Å². The number of anilines is 1. The fourth-order valence-corrected chi connectivity index (χ4v) is 3.00. The number of rotatable bonds is 6. The van der Waals surface area contributed by atoms with Gasteiger partial charge in [-0.15, -0.1) is 6.07 Å². The van der Waals surface area contributed by atoms with E-state index in [1.807, 2.05) is 50.0 Å². The summed E-state index contributed by atoms with van der Waals surface area (Å²) in [6.07, 6.45) is 18.0. The van der Waals surface area contributed by atoms with Gasteiger partial charge in [0.05, 0.1) is 17.7 Å². The van der Waals surface area contributed by atoms with E-state index in [0.29, 0.717) is 11.7 Å². The molecule has 6 nitrogen and oxygen atoms in total. The van der Waals surface area contributed by atoms with Gasteiger partial charge >= 0.3 is 0 Å². The molecular weight excluding hydrogens is 404 g/mol. The minimum Gasteiger partial charge on any atom is -0.380 e. The first-order valence-electron chi connectivity index (χ1n) is 9.78. The predicted octanol–water partition coefficient (Wildman–Crippen LogP) is 4.62. The van der Waals surface area contributed by atoms with Gasteiger partial charge < -0.3 is 25.3 Å². The molecule has 0 saturated heterocycles. The van der Waals surface area contributed by atoms with Crippen LogP contribution < -0.4 is 4.90 Å². The summed E-state index contributed by atoms with van der Waals surface area (Å²) in [5.74, 6) is 0.573. The molecule has 0 fully saturated rings. The average Bonchev–Trinajstić information content (AvgIpc) is 3.21. The van der Waals surface area contributed by atoms with Gasteiger partial charge in [-0.2, -0.15) is 0 Å². The molecule has 1 aliphatic rings. The van der Waals surface area contributed by atoms with Gasteiger partial charge in [-0.25, -0.2) is 4.98 Å². The molecule has 2 N–H and O–H groups in total. The second-order valence-electron chi connectivity index (χ2n) is 6.14. The Morgan fingerprint density at radius 2 is 2.14 bits per heavy atom. The largest absolute Gasteiger partial charge is 0.380 e. The second kappa shape index (κ2) is 12.9. The Hall–Kier alpha value is -2.50. The summed E-state index contributed by atoms with van der Waals surface area (Å²) in [5.41, 5.74) is 3.42. The average molecular weight is 433 g/mol. The van der Waals surface area contributed by atoms with Gasteiger partial charge in [0.1, 0.15) is 12.0 Å². The van der Waals surface area contributed by atoms with Crippen molar-refractivity contribution in [3.63, 3.8) is 0 Å². The molecule has 2 aromatic heterocycles. The Morgan fingerprint density at radius 3 is 2.83 bits per heavy atom. The molecule has 2 aromatic rings. The van der Waals surface area contributed by atoms with E-state index in [0.717, 1.165) is 36.3 Å². The van der Waals surface area contributed by atoms with E-state index in [1.165, 1.54) is 0 Å². The molecule has 0 aliphatic carbocycles. The topological polar surface area (TPSA) is 81.5 Å². The molecule has 29 heavy (non-hydrogen) atoms. The van der Waals surface area contributed by atoms with Crippen LogP contribution in [0.1, 0.15) is 51.5 Å². The molecule has 3 rings (SSSR count). The van der Waals surface area contributed by atoms with Gasteiger partial charge in [0.25, 0.3) is 0 Å². The molecular formula is C22H29FeN6-. The molecule has 156 valence electrons. The third-order valence-corrected chi connectivity index (χ3v) is 4.21. The summed E-state index contributed by atoms with van der Waals surface area (Å²) >= 11 is 0. The van der Waals surface area contributed by atoms with E-state index in [1.54, 1.807) is 18.6 Å². The molecule has 1 unspecified atom stereocenters. The Kier molecular flexibility index (Phi) is 10.9. The van der Waals surface area contributed by atoms with Crippen LogP contribution in [-0.4, -0.2) is 32.2 Å². The Bertz CT molecular complexity index is 838. The Morgan fingerprint density at radius 1 is 1.34 bits per heavy atom. The molecule has 0 radical (unpaired) electrons. The van der Waals surface area contributed by atoms with Crippen LogP contribution in [0.25, 0.3) is 0 Å². The van der Waals surface area contributed by atoms with E-state index < -0.39 is 0 Å². The Labute approximate surface area is 184 Å². The number of fused-ring (bicyclic) bond motifs is 1. The van der Waals surface area contributed by atoms with Crippen molar-refractivity contribution in [3.8, 4) is 0 Å². The van der Waals surface area contributed by atoms with Crippen LogP contribution in [0.15, 0.2) is 54.5 Å². The third-order valence-electron chi connectivity index (χ3n) is 4.21. The molecule has 1 atom stereocenters. The maximum Gasteiger partial charge on any atom is 0.109 e. The number of hydrogen-bond donors (Lipinski definition) is 2. The third kappa shape index (κ3) is 6.51. The summed E-state index contributed by atoms with van der Waals surface area (Å²) in [5, 5.41) is 8.69. The van der Waals surface area contributed by atoms with E-state index >= 15 is 0 Å². The Balaban J connectivity index is 0.00000136. The number of imidazole rings is 1. The summed E-state index contributed by atoms with van der Waals surface area (Å²) in [6.45, 7) is 8.82. The normalized spacial score (nSPS) is 16.2. The van der Waals surface area contributed by atoms with Crippen molar-refractivity contribution in [2.75, 3.05) is 11.4 Å². The number of allylic oxidation sites excluding steroid dienone is 5. The van der Waals surface area contributed by atoms with Crippen molar-refractivity contribution in [1.29, 1.82) is 5.41 Å². The number of H-pyrrole nitrogens is 1. The van der Waals surface area contributed by atoms with Crippen LogP contribution in [0.5, 0.6) is 0 Å². The molecule has 0 amide bonds. The van der Waals surface area contributed by atoms with Crippen LogP contribution in [0.4, 0.5) is 5.95 Å². The quantitative estimate of drug-likeness (QED) is 0.302. The monoisotopic (exact) mass is 433 g/mol. The van der Waals surface area contributed by atoms with Crippen molar-refractivity contribution in [1.82, 2.24) is 19.9 Å². The van der Waals surface area contributed by atoms with Crippen molar-refractivity contribution in [2.24, 2.45) is 0 Å². The van der Waals surface area contributed by atoms with Gasteiger partial charge in [0.2, 0.25) is 0 Å². The summed E-state index contributed by atoms with van der Waals surface area (Å²) in [4.78, 5) is 18.3. The molecule has 0 bridgehead atoms. The van der Waals surface area contributed by atoms with Crippen LogP contribution in [-0.2, 0) is 23.5 Å². The number of aromatic nitrogens is 4. The van der Waals surface area contributed by atoms with Crippen molar-refractivity contribution >= 4 is 11.7 Å². The van der Waals surface area contributed by atoms with Gasteiger partial charge in [0, 0.05) is 35.7 Å². The van der Waals surface area contributed by atoms with E-state index in [2.05, 4.69) is 39.1 Å². The zero-order chi connectivity index (χ0) is 20.4. The zero-order valence-electron chi connectivity index (χ0n) is 17.5. The van der Waals surface area contributed by atoms with Gasteiger partial charge in [-0.05, 0) is 25.0 Å². The van der Waals surface area contributed by atoms with Crippen molar-refractivity contribution in [3.05, 3.63) is 72.1 Å². The fourth-order valence-electron chi connectivity index (χ4n) is 3.00. The van der Waals surface area contributed by atoms with E-state index in [4.69, 9.17) is 5.41 Å². The minimum atomic E-state index is -0.310. The molecule has 3 heterocycles. The van der Waals surface area contributed by atoms with Gasteiger partial charge in [-0.1, -0.05) is 57.5 Å². The van der Waals surface area contributed by atoms with Gasteiger partial charge in [0.15, 0.2) is 0 Å². The van der Waals surface area contributed by atoms with E-state index in [-0.39, 0.29) is 23.1 Å². The number of aromatic amines is 1. The maximum absolute atomic E-state index is 8.69. The van der Waals surface area contributed by atoms with Crippen molar-refractivity contribution < 1.29 is 17.1 Å². The standard InChI is InChI=1S/C20H23N6.C2H6.Fe/c1-3-4-5-6-8-15(2)13-16(21)19-18-17(24-14-25-18)9-12-26(19)20-22-10-7-11-23-20;1-2;/h4-8,10,13-14,19,21H,3,9,12H2,1-2H3,(H,24,25);1-2H3;/q-1;;/b5-4-,8-6-,15-13+,21-16?;;. The minimum absolute atomic E-state index is 0. The number of nitrogens with one attached hydrogen (secondary N) is 2.